The fraction of sp³-hybridized carbons (Fsp3) is 0.200. The van der Waals surface area contributed by atoms with Gasteiger partial charge in [-0.15, -0.1) is 0 Å². The Kier molecular flexibility index (Phi) is 2.80. The zero-order valence-corrected chi connectivity index (χ0v) is 10.3. The minimum Gasteiger partial charge on any atom is -0.446 e. The van der Waals surface area contributed by atoms with Crippen molar-refractivity contribution in [2.75, 3.05) is 0 Å². The molecule has 0 radical (unpaired) electrons. The smallest absolute Gasteiger partial charge is 0.278 e. The maximum absolute atomic E-state index is 11.8. The molecule has 98 valence electrons. The van der Waals surface area contributed by atoms with E-state index in [1.165, 1.54) is 17.1 Å². The molecule has 9 heteroatoms. The summed E-state index contributed by atoms with van der Waals surface area (Å²) in [6, 6.07) is 0. The van der Waals surface area contributed by atoms with Gasteiger partial charge in [-0.3, -0.25) is 14.5 Å². The standard InChI is InChI=1S/C10H8ClN5O3/c11-10-14-6-1-12-16(8(6)9(18)15-10)2-5-4-19-7(3-17)13-5/h1,4,17H,2-3H2,(H,14,15,18). The van der Waals surface area contributed by atoms with Crippen molar-refractivity contribution in [1.82, 2.24) is 24.7 Å². The second kappa shape index (κ2) is 4.48. The number of aliphatic hydroxyl groups is 1. The van der Waals surface area contributed by atoms with Gasteiger partial charge < -0.3 is 9.52 Å². The van der Waals surface area contributed by atoms with Gasteiger partial charge in [0.25, 0.3) is 5.56 Å². The Morgan fingerprint density at radius 1 is 1.47 bits per heavy atom. The molecular formula is C10H8ClN5O3. The average molecular weight is 282 g/mol. The number of halogens is 1. The van der Waals surface area contributed by atoms with Crippen LogP contribution in [0.15, 0.2) is 21.7 Å². The number of aromatic nitrogens is 5. The van der Waals surface area contributed by atoms with Gasteiger partial charge in [-0.1, -0.05) is 0 Å². The number of nitrogens with zero attached hydrogens (tertiary/aromatic N) is 4. The van der Waals surface area contributed by atoms with Crippen LogP contribution < -0.4 is 5.56 Å². The summed E-state index contributed by atoms with van der Waals surface area (Å²) in [5, 5.41) is 12.9. The first-order valence-electron chi connectivity index (χ1n) is 5.33. The monoisotopic (exact) mass is 281 g/mol. The van der Waals surface area contributed by atoms with Gasteiger partial charge in [-0.25, -0.2) is 9.97 Å². The third-order valence-electron chi connectivity index (χ3n) is 2.52. The van der Waals surface area contributed by atoms with Gasteiger partial charge in [0, 0.05) is 0 Å². The molecule has 8 nitrogen and oxygen atoms in total. The van der Waals surface area contributed by atoms with Gasteiger partial charge in [-0.05, 0) is 11.6 Å². The van der Waals surface area contributed by atoms with Crippen LogP contribution in [0.3, 0.4) is 0 Å². The summed E-state index contributed by atoms with van der Waals surface area (Å²) in [6.07, 6.45) is 2.85. The van der Waals surface area contributed by atoms with Crippen LogP contribution >= 0.6 is 11.6 Å². The van der Waals surface area contributed by atoms with Crippen molar-refractivity contribution < 1.29 is 9.52 Å². The molecular weight excluding hydrogens is 274 g/mol. The molecule has 19 heavy (non-hydrogen) atoms. The molecule has 0 amide bonds. The lowest BCUT2D eigenvalue weighted by atomic mass is 10.4. The van der Waals surface area contributed by atoms with E-state index in [4.69, 9.17) is 21.1 Å². The number of aromatic amines is 1. The van der Waals surface area contributed by atoms with Gasteiger partial charge in [0.2, 0.25) is 11.2 Å². The molecule has 0 saturated carbocycles. The minimum atomic E-state index is -0.377. The SMILES string of the molecule is O=c1[nH]c(Cl)nc2cnn(Cc3coc(CO)n3)c12. The van der Waals surface area contributed by atoms with Crippen molar-refractivity contribution in [2.45, 2.75) is 13.2 Å². The largest absolute Gasteiger partial charge is 0.446 e. The fourth-order valence-corrected chi connectivity index (χ4v) is 1.92. The summed E-state index contributed by atoms with van der Waals surface area (Å²) in [4.78, 5) is 22.2. The molecule has 0 aromatic carbocycles. The first-order chi connectivity index (χ1) is 9.17. The van der Waals surface area contributed by atoms with Crippen LogP contribution in [0.1, 0.15) is 11.6 Å². The van der Waals surface area contributed by atoms with Gasteiger partial charge in [-0.2, -0.15) is 5.10 Å². The molecule has 0 spiro atoms. The van der Waals surface area contributed by atoms with E-state index in [1.54, 1.807) is 0 Å². The molecule has 0 aliphatic carbocycles. The highest BCUT2D eigenvalue weighted by molar-refractivity contribution is 6.28. The van der Waals surface area contributed by atoms with E-state index < -0.39 is 0 Å². The summed E-state index contributed by atoms with van der Waals surface area (Å²) in [7, 11) is 0. The zero-order chi connectivity index (χ0) is 13.4. The van der Waals surface area contributed by atoms with Gasteiger partial charge in [0.1, 0.15) is 24.1 Å². The quantitative estimate of drug-likeness (QED) is 0.668. The molecule has 0 aliphatic rings. The third-order valence-corrected chi connectivity index (χ3v) is 2.70. The lowest BCUT2D eigenvalue weighted by Crippen LogP contribution is -2.13. The molecule has 0 aliphatic heterocycles. The summed E-state index contributed by atoms with van der Waals surface area (Å²) in [5.74, 6) is 0.210. The van der Waals surface area contributed by atoms with E-state index in [9.17, 15) is 4.79 Å². The maximum Gasteiger partial charge on any atom is 0.278 e. The van der Waals surface area contributed by atoms with E-state index in [-0.39, 0.29) is 29.9 Å². The van der Waals surface area contributed by atoms with E-state index >= 15 is 0 Å². The van der Waals surface area contributed by atoms with E-state index in [0.717, 1.165) is 0 Å². The fourth-order valence-electron chi connectivity index (χ4n) is 1.74. The van der Waals surface area contributed by atoms with Crippen molar-refractivity contribution >= 4 is 22.6 Å². The molecule has 3 heterocycles. The normalized spacial score (nSPS) is 11.3. The number of aliphatic hydroxyl groups excluding tert-OH is 1. The topological polar surface area (TPSA) is 110 Å². The Bertz CT molecular complexity index is 790. The number of oxazole rings is 1. The average Bonchev–Trinajstić information content (AvgIpc) is 2.97. The molecule has 2 N–H and O–H groups in total. The predicted molar refractivity (Wildman–Crippen MR) is 64.7 cm³/mol. The van der Waals surface area contributed by atoms with E-state index in [2.05, 4.69) is 20.1 Å². The molecule has 0 fully saturated rings. The first kappa shape index (κ1) is 11.9. The second-order valence-corrected chi connectivity index (χ2v) is 4.14. The second-order valence-electron chi connectivity index (χ2n) is 3.78. The van der Waals surface area contributed by atoms with E-state index in [1.807, 2.05) is 0 Å². The molecule has 3 aromatic heterocycles. The number of hydrogen-bond acceptors (Lipinski definition) is 6. The van der Waals surface area contributed by atoms with Crippen molar-refractivity contribution in [2.24, 2.45) is 0 Å². The highest BCUT2D eigenvalue weighted by Gasteiger charge is 2.12. The lowest BCUT2D eigenvalue weighted by molar-refractivity contribution is 0.240. The van der Waals surface area contributed by atoms with Crippen LogP contribution in [0.25, 0.3) is 11.0 Å². The Balaban J connectivity index is 2.04. The van der Waals surface area contributed by atoms with Crippen LogP contribution in [0.4, 0.5) is 0 Å². The van der Waals surface area contributed by atoms with Crippen molar-refractivity contribution in [3.8, 4) is 0 Å². The molecule has 3 rings (SSSR count). The Hall–Kier alpha value is -2.19. The molecule has 0 saturated heterocycles. The Labute approximate surface area is 110 Å². The van der Waals surface area contributed by atoms with Crippen LogP contribution in [0.5, 0.6) is 0 Å². The highest BCUT2D eigenvalue weighted by Crippen LogP contribution is 2.11. The summed E-state index contributed by atoms with van der Waals surface area (Å²) >= 11 is 5.66. The third kappa shape index (κ3) is 2.11. The minimum absolute atomic E-state index is 0.0149. The van der Waals surface area contributed by atoms with Crippen molar-refractivity contribution in [3.05, 3.63) is 39.7 Å². The number of fused-ring (bicyclic) bond motifs is 1. The summed E-state index contributed by atoms with van der Waals surface area (Å²) < 4.78 is 6.44. The first-order valence-corrected chi connectivity index (χ1v) is 5.70. The van der Waals surface area contributed by atoms with Crippen molar-refractivity contribution in [3.63, 3.8) is 0 Å². The Morgan fingerprint density at radius 3 is 3.05 bits per heavy atom. The zero-order valence-electron chi connectivity index (χ0n) is 9.50. The van der Waals surface area contributed by atoms with Crippen LogP contribution in [0, 0.1) is 0 Å². The van der Waals surface area contributed by atoms with Gasteiger partial charge >= 0.3 is 0 Å². The van der Waals surface area contributed by atoms with Crippen molar-refractivity contribution in [1.29, 1.82) is 0 Å². The number of nitrogens with one attached hydrogen (secondary N) is 1. The number of H-pyrrole nitrogens is 1. The highest BCUT2D eigenvalue weighted by atomic mass is 35.5. The molecule has 0 atom stereocenters. The molecule has 3 aromatic rings. The number of hydrogen-bond donors (Lipinski definition) is 2. The number of rotatable bonds is 3. The maximum atomic E-state index is 11.8. The van der Waals surface area contributed by atoms with E-state index in [0.29, 0.717) is 16.7 Å². The summed E-state index contributed by atoms with van der Waals surface area (Å²) in [6.45, 7) is -0.0446. The summed E-state index contributed by atoms with van der Waals surface area (Å²) in [5.41, 5.74) is 0.874. The van der Waals surface area contributed by atoms with Crippen LogP contribution in [0.2, 0.25) is 5.28 Å². The predicted octanol–water partition coefficient (Wildman–Crippen LogP) is 0.302. The Morgan fingerprint density at radius 2 is 2.32 bits per heavy atom. The van der Waals surface area contributed by atoms with Gasteiger partial charge in [0.05, 0.1) is 12.7 Å². The lowest BCUT2D eigenvalue weighted by Gasteiger charge is -1.99. The van der Waals surface area contributed by atoms with Crippen LogP contribution in [-0.2, 0) is 13.2 Å². The molecule has 0 bridgehead atoms. The van der Waals surface area contributed by atoms with Gasteiger partial charge in [0.15, 0.2) is 5.52 Å². The molecule has 0 unspecified atom stereocenters. The van der Waals surface area contributed by atoms with Crippen LogP contribution in [-0.4, -0.2) is 29.8 Å².